The van der Waals surface area contributed by atoms with E-state index in [-0.39, 0.29) is 29.3 Å². The van der Waals surface area contributed by atoms with Crippen LogP contribution in [0.1, 0.15) is 57.8 Å². The smallest absolute Gasteiger partial charge is 0.410 e. The molecule has 0 aromatic heterocycles. The predicted octanol–water partition coefficient (Wildman–Crippen LogP) is 1.39. The van der Waals surface area contributed by atoms with Crippen molar-refractivity contribution in [1.82, 2.24) is 20.4 Å². The lowest BCUT2D eigenvalue weighted by Gasteiger charge is -2.31. The van der Waals surface area contributed by atoms with Crippen LogP contribution in [0.3, 0.4) is 0 Å². The van der Waals surface area contributed by atoms with Crippen molar-refractivity contribution in [2.45, 2.75) is 76.0 Å². The van der Waals surface area contributed by atoms with Gasteiger partial charge in [0.15, 0.2) is 0 Å². The lowest BCUT2D eigenvalue weighted by atomic mass is 9.84. The van der Waals surface area contributed by atoms with Gasteiger partial charge in [-0.15, -0.1) is 0 Å². The fourth-order valence-corrected chi connectivity index (χ4v) is 5.85. The molecule has 3 saturated heterocycles. The highest BCUT2D eigenvalue weighted by Gasteiger charge is 2.50. The molecule has 0 unspecified atom stereocenters. The fraction of sp³-hybridized carbons (Fsp3) is 0.826. The van der Waals surface area contributed by atoms with Gasteiger partial charge in [-0.3, -0.25) is 14.5 Å². The molecule has 3 atom stereocenters. The molecular weight excluding hydrogens is 410 g/mol. The van der Waals surface area contributed by atoms with Crippen LogP contribution in [-0.2, 0) is 14.3 Å². The van der Waals surface area contributed by atoms with Crippen LogP contribution < -0.4 is 10.6 Å². The second-order valence-electron chi connectivity index (χ2n) is 10.1. The van der Waals surface area contributed by atoms with Crippen LogP contribution in [-0.4, -0.2) is 79.1 Å². The van der Waals surface area contributed by atoms with Gasteiger partial charge in [0.1, 0.15) is 18.2 Å². The van der Waals surface area contributed by atoms with Crippen LogP contribution in [0.15, 0.2) is 0 Å². The highest BCUT2D eigenvalue weighted by Crippen LogP contribution is 2.48. The Hall–Kier alpha value is -2.34. The fourth-order valence-electron chi connectivity index (χ4n) is 5.85. The van der Waals surface area contributed by atoms with Crippen molar-refractivity contribution in [2.75, 3.05) is 33.2 Å². The summed E-state index contributed by atoms with van der Waals surface area (Å²) in [5.41, 5.74) is -0.0265. The first kappa shape index (κ1) is 22.8. The van der Waals surface area contributed by atoms with Crippen LogP contribution in [0.25, 0.3) is 0 Å². The molecule has 176 valence electrons. The Bertz CT molecular complexity index is 767. The zero-order valence-electron chi connectivity index (χ0n) is 19.0. The summed E-state index contributed by atoms with van der Waals surface area (Å²) in [6.07, 6.45) is 6.92. The molecule has 9 heteroatoms. The van der Waals surface area contributed by atoms with E-state index in [1.54, 1.807) is 4.90 Å². The number of hydrogen-bond acceptors (Lipinski definition) is 6. The van der Waals surface area contributed by atoms with Gasteiger partial charge < -0.3 is 20.3 Å². The van der Waals surface area contributed by atoms with E-state index < -0.39 is 18.2 Å². The second-order valence-corrected chi connectivity index (χ2v) is 10.1. The molecule has 3 heterocycles. The molecule has 1 aliphatic carbocycles. The maximum atomic E-state index is 13.2. The van der Waals surface area contributed by atoms with E-state index in [4.69, 9.17) is 4.74 Å². The molecule has 4 aliphatic rings. The Balaban J connectivity index is 1.41. The number of hydrogen-bond donors (Lipinski definition) is 2. The first-order chi connectivity index (χ1) is 15.4. The number of ether oxygens (including phenoxy) is 1. The number of piperidine rings is 1. The molecule has 4 fully saturated rings. The monoisotopic (exact) mass is 445 g/mol. The van der Waals surface area contributed by atoms with Gasteiger partial charge in [0, 0.05) is 32.1 Å². The number of carbonyl (C=O) groups is 3. The minimum Gasteiger partial charge on any atom is -0.446 e. The molecule has 2 N–H and O–H groups in total. The average Bonchev–Trinajstić information content (AvgIpc) is 3.51. The molecule has 9 nitrogen and oxygen atoms in total. The van der Waals surface area contributed by atoms with Crippen molar-refractivity contribution < 1.29 is 19.1 Å². The van der Waals surface area contributed by atoms with Crippen molar-refractivity contribution in [1.29, 1.82) is 5.26 Å². The van der Waals surface area contributed by atoms with Gasteiger partial charge in [-0.05, 0) is 57.4 Å². The van der Waals surface area contributed by atoms with Gasteiger partial charge >= 0.3 is 6.09 Å². The number of carbonyl (C=O) groups excluding carboxylic acids is 3. The number of amides is 3. The Morgan fingerprint density at radius 1 is 1.28 bits per heavy atom. The summed E-state index contributed by atoms with van der Waals surface area (Å²) in [6, 6.07) is 0.756. The number of nitrogens with zero attached hydrogens (tertiary/aromatic N) is 3. The molecule has 32 heavy (non-hydrogen) atoms. The maximum Gasteiger partial charge on any atom is 0.410 e. The van der Waals surface area contributed by atoms with E-state index >= 15 is 0 Å². The quantitative estimate of drug-likeness (QED) is 0.661. The van der Waals surface area contributed by atoms with E-state index in [9.17, 15) is 19.6 Å². The average molecular weight is 446 g/mol. The molecule has 3 amide bonds. The normalized spacial score (nSPS) is 29.0. The third-order valence-corrected chi connectivity index (χ3v) is 7.80. The highest BCUT2D eigenvalue weighted by molar-refractivity contribution is 5.87. The number of likely N-dealkylation sites (tertiary alicyclic amines) is 2. The van der Waals surface area contributed by atoms with Gasteiger partial charge in [-0.2, -0.15) is 5.26 Å². The number of nitrogens with one attached hydrogen (secondary N) is 2. The molecule has 1 spiro atoms. The maximum absolute atomic E-state index is 13.2. The Labute approximate surface area is 189 Å². The predicted molar refractivity (Wildman–Crippen MR) is 116 cm³/mol. The standard InChI is InChI=1S/C23H35N5O4/c1-27-10-5-18(6-11-27)32-22(31)28-15-23(7-2-3-8-23)13-19(28)21(30)26-17(14-24)12-16-4-9-25-20(16)29/h16-19H,2-13,15H2,1H3,(H,25,29)(H,26,30)/t16-,17-,19-/m0/s1. The van der Waals surface area contributed by atoms with Crippen LogP contribution >= 0.6 is 0 Å². The van der Waals surface area contributed by atoms with Crippen molar-refractivity contribution in [3.63, 3.8) is 0 Å². The van der Waals surface area contributed by atoms with Crippen LogP contribution in [0.2, 0.25) is 0 Å². The number of nitriles is 1. The molecule has 0 aromatic carbocycles. The van der Waals surface area contributed by atoms with Crippen LogP contribution in [0.4, 0.5) is 4.79 Å². The van der Waals surface area contributed by atoms with Crippen molar-refractivity contribution in [3.8, 4) is 6.07 Å². The summed E-state index contributed by atoms with van der Waals surface area (Å²) in [5.74, 6) is -0.622. The summed E-state index contributed by atoms with van der Waals surface area (Å²) in [6.45, 7) is 2.94. The minimum atomic E-state index is -0.747. The van der Waals surface area contributed by atoms with Crippen molar-refractivity contribution in [2.24, 2.45) is 11.3 Å². The lowest BCUT2D eigenvalue weighted by molar-refractivity contribution is -0.127. The Kier molecular flexibility index (Phi) is 6.89. The first-order valence-electron chi connectivity index (χ1n) is 12.0. The molecular formula is C23H35N5O4. The molecule has 0 aromatic rings. The topological polar surface area (TPSA) is 115 Å². The highest BCUT2D eigenvalue weighted by atomic mass is 16.6. The van der Waals surface area contributed by atoms with Gasteiger partial charge in [0.05, 0.1) is 6.07 Å². The van der Waals surface area contributed by atoms with Gasteiger partial charge in [0.2, 0.25) is 11.8 Å². The van der Waals surface area contributed by atoms with Gasteiger partial charge in [0.25, 0.3) is 0 Å². The molecule has 1 saturated carbocycles. The molecule has 0 bridgehead atoms. The summed E-state index contributed by atoms with van der Waals surface area (Å²) < 4.78 is 5.82. The van der Waals surface area contributed by atoms with Crippen LogP contribution in [0.5, 0.6) is 0 Å². The summed E-state index contributed by atoms with van der Waals surface area (Å²) >= 11 is 0. The third kappa shape index (κ3) is 5.01. The van der Waals surface area contributed by atoms with E-state index in [2.05, 4.69) is 28.7 Å². The minimum absolute atomic E-state index is 0.0265. The lowest BCUT2D eigenvalue weighted by Crippen LogP contribution is -2.50. The molecule has 0 radical (unpaired) electrons. The summed E-state index contributed by atoms with van der Waals surface area (Å²) in [7, 11) is 2.06. The Morgan fingerprint density at radius 3 is 2.62 bits per heavy atom. The first-order valence-corrected chi connectivity index (χ1v) is 12.0. The van der Waals surface area contributed by atoms with E-state index in [0.717, 1.165) is 51.6 Å². The summed E-state index contributed by atoms with van der Waals surface area (Å²) in [5, 5.41) is 15.2. The Morgan fingerprint density at radius 2 is 2.00 bits per heavy atom. The van der Waals surface area contributed by atoms with Gasteiger partial charge in [-0.1, -0.05) is 12.8 Å². The second kappa shape index (κ2) is 9.65. The van der Waals surface area contributed by atoms with E-state index in [0.29, 0.717) is 32.4 Å². The van der Waals surface area contributed by atoms with E-state index in [1.807, 2.05) is 0 Å². The third-order valence-electron chi connectivity index (χ3n) is 7.80. The SMILES string of the molecule is CN1CCC(OC(=O)N2CC3(CCCC3)C[C@H]2C(=O)N[C@H](C#N)C[C@@H]2CCNC2=O)CC1. The zero-order valence-corrected chi connectivity index (χ0v) is 19.0. The van der Waals surface area contributed by atoms with E-state index in [1.165, 1.54) is 0 Å². The molecule has 4 rings (SSSR count). The van der Waals surface area contributed by atoms with Gasteiger partial charge in [-0.25, -0.2) is 4.79 Å². The largest absolute Gasteiger partial charge is 0.446 e. The number of rotatable bonds is 5. The van der Waals surface area contributed by atoms with Crippen molar-refractivity contribution >= 4 is 17.9 Å². The van der Waals surface area contributed by atoms with Crippen LogP contribution in [0, 0.1) is 22.7 Å². The molecule has 3 aliphatic heterocycles. The zero-order chi connectivity index (χ0) is 22.7. The summed E-state index contributed by atoms with van der Waals surface area (Å²) in [4.78, 5) is 42.1. The van der Waals surface area contributed by atoms with Crippen molar-refractivity contribution in [3.05, 3.63) is 0 Å².